The Morgan fingerprint density at radius 1 is 1.45 bits per heavy atom. The lowest BCUT2D eigenvalue weighted by Crippen LogP contribution is -2.07. The molecule has 0 aliphatic heterocycles. The summed E-state index contributed by atoms with van der Waals surface area (Å²) in [7, 11) is 0. The fourth-order valence-corrected chi connectivity index (χ4v) is 1.64. The van der Waals surface area contributed by atoms with Crippen molar-refractivity contribution in [1.82, 2.24) is 0 Å². The molecule has 1 atom stereocenters. The number of hydrogen-bond acceptors (Lipinski definition) is 1. The van der Waals surface area contributed by atoms with Crippen LogP contribution >= 0.6 is 22.6 Å². The number of halogens is 1. The first-order chi connectivity index (χ1) is 5.13. The molecule has 1 rings (SSSR count). The number of rotatable bonds is 1. The van der Waals surface area contributed by atoms with Gasteiger partial charge in [0.1, 0.15) is 0 Å². The van der Waals surface area contributed by atoms with E-state index in [1.165, 1.54) is 14.7 Å². The van der Waals surface area contributed by atoms with E-state index in [-0.39, 0.29) is 6.04 Å². The first kappa shape index (κ1) is 9.00. The van der Waals surface area contributed by atoms with Gasteiger partial charge in [0.25, 0.3) is 0 Å². The largest absolute Gasteiger partial charge is 0.324 e. The molecule has 2 heteroatoms. The summed E-state index contributed by atoms with van der Waals surface area (Å²) < 4.78 is 1.29. The zero-order valence-electron chi connectivity index (χ0n) is 6.76. The van der Waals surface area contributed by atoms with E-state index in [0.717, 1.165) is 0 Å². The van der Waals surface area contributed by atoms with Crippen molar-refractivity contribution in [2.75, 3.05) is 0 Å². The Bertz CT molecular complexity index is 256. The van der Waals surface area contributed by atoms with E-state index in [4.69, 9.17) is 5.73 Å². The zero-order valence-corrected chi connectivity index (χ0v) is 8.92. The van der Waals surface area contributed by atoms with E-state index in [1.807, 2.05) is 13.0 Å². The molecule has 1 aromatic carbocycles. The Labute approximate surface area is 81.1 Å². The molecule has 1 aromatic rings. The molecule has 0 heterocycles. The minimum atomic E-state index is 0.143. The zero-order chi connectivity index (χ0) is 8.43. The van der Waals surface area contributed by atoms with Crippen molar-refractivity contribution in [3.63, 3.8) is 0 Å². The lowest BCUT2D eigenvalue weighted by molar-refractivity contribution is 0.808. The third kappa shape index (κ3) is 1.93. The highest BCUT2D eigenvalue weighted by atomic mass is 127. The van der Waals surface area contributed by atoms with Crippen molar-refractivity contribution >= 4 is 22.6 Å². The van der Waals surface area contributed by atoms with Crippen molar-refractivity contribution in [2.24, 2.45) is 5.73 Å². The molecule has 0 aromatic heterocycles. The molecule has 0 saturated heterocycles. The second kappa shape index (κ2) is 3.54. The quantitative estimate of drug-likeness (QED) is 0.772. The molecule has 0 aliphatic rings. The molecule has 0 bridgehead atoms. The predicted molar refractivity (Wildman–Crippen MR) is 56.5 cm³/mol. The highest BCUT2D eigenvalue weighted by Crippen LogP contribution is 2.19. The Balaban J connectivity index is 3.17. The summed E-state index contributed by atoms with van der Waals surface area (Å²) in [6.45, 7) is 4.12. The molecular formula is C9H12IN. The molecule has 60 valence electrons. The number of hydrogen-bond donors (Lipinski definition) is 1. The van der Waals surface area contributed by atoms with Gasteiger partial charge >= 0.3 is 0 Å². The highest BCUT2D eigenvalue weighted by molar-refractivity contribution is 14.1. The van der Waals surface area contributed by atoms with Crippen molar-refractivity contribution in [3.8, 4) is 0 Å². The van der Waals surface area contributed by atoms with Crippen LogP contribution in [0.5, 0.6) is 0 Å². The van der Waals surface area contributed by atoms with E-state index < -0.39 is 0 Å². The Kier molecular flexibility index (Phi) is 2.90. The molecule has 1 nitrogen and oxygen atoms in total. The molecule has 0 radical (unpaired) electrons. The predicted octanol–water partition coefficient (Wildman–Crippen LogP) is 2.62. The first-order valence-electron chi connectivity index (χ1n) is 3.63. The topological polar surface area (TPSA) is 26.0 Å². The summed E-state index contributed by atoms with van der Waals surface area (Å²) >= 11 is 2.33. The Morgan fingerprint density at radius 3 is 2.55 bits per heavy atom. The maximum Gasteiger partial charge on any atom is 0.0269 e. The van der Waals surface area contributed by atoms with Crippen molar-refractivity contribution in [2.45, 2.75) is 19.9 Å². The van der Waals surface area contributed by atoms with E-state index >= 15 is 0 Å². The third-order valence-electron chi connectivity index (χ3n) is 1.80. The smallest absolute Gasteiger partial charge is 0.0269 e. The molecule has 0 saturated carbocycles. The van der Waals surface area contributed by atoms with Gasteiger partial charge < -0.3 is 5.73 Å². The summed E-state index contributed by atoms with van der Waals surface area (Å²) in [5, 5.41) is 0. The van der Waals surface area contributed by atoms with Crippen LogP contribution in [0.1, 0.15) is 24.1 Å². The van der Waals surface area contributed by atoms with Gasteiger partial charge in [-0.05, 0) is 53.6 Å². The second-order valence-electron chi connectivity index (χ2n) is 2.74. The van der Waals surface area contributed by atoms with Gasteiger partial charge in [0.15, 0.2) is 0 Å². The number of nitrogens with two attached hydrogens (primary N) is 1. The molecular weight excluding hydrogens is 249 g/mol. The molecule has 0 fully saturated rings. The maximum atomic E-state index is 5.78. The van der Waals surface area contributed by atoms with Crippen LogP contribution in [-0.2, 0) is 0 Å². The maximum absolute atomic E-state index is 5.78. The second-order valence-corrected chi connectivity index (χ2v) is 3.90. The van der Waals surface area contributed by atoms with Gasteiger partial charge in [-0.1, -0.05) is 12.1 Å². The summed E-state index contributed by atoms with van der Waals surface area (Å²) in [6, 6.07) is 6.38. The van der Waals surface area contributed by atoms with Gasteiger partial charge in [-0.2, -0.15) is 0 Å². The van der Waals surface area contributed by atoms with Crippen LogP contribution in [-0.4, -0.2) is 0 Å². The molecule has 2 N–H and O–H groups in total. The normalized spacial score (nSPS) is 13.1. The van der Waals surface area contributed by atoms with E-state index in [0.29, 0.717) is 0 Å². The van der Waals surface area contributed by atoms with Crippen LogP contribution in [0.2, 0.25) is 0 Å². The van der Waals surface area contributed by atoms with E-state index in [1.54, 1.807) is 0 Å². The van der Waals surface area contributed by atoms with Crippen LogP contribution in [0.25, 0.3) is 0 Å². The third-order valence-corrected chi connectivity index (χ3v) is 2.97. The van der Waals surface area contributed by atoms with Crippen LogP contribution in [0, 0.1) is 10.5 Å². The monoisotopic (exact) mass is 261 g/mol. The van der Waals surface area contributed by atoms with E-state index in [2.05, 4.69) is 41.6 Å². The highest BCUT2D eigenvalue weighted by Gasteiger charge is 2.04. The van der Waals surface area contributed by atoms with Crippen LogP contribution < -0.4 is 5.73 Å². The summed E-state index contributed by atoms with van der Waals surface area (Å²) in [5.41, 5.74) is 8.34. The van der Waals surface area contributed by atoms with Gasteiger partial charge in [-0.25, -0.2) is 0 Å². The summed E-state index contributed by atoms with van der Waals surface area (Å²) in [6.07, 6.45) is 0. The minimum Gasteiger partial charge on any atom is -0.324 e. The van der Waals surface area contributed by atoms with Gasteiger partial charge in [0, 0.05) is 9.61 Å². The lowest BCUT2D eigenvalue weighted by atomic mass is 10.0. The van der Waals surface area contributed by atoms with Crippen molar-refractivity contribution in [3.05, 3.63) is 32.9 Å². The molecule has 11 heavy (non-hydrogen) atoms. The van der Waals surface area contributed by atoms with Gasteiger partial charge in [0.2, 0.25) is 0 Å². The van der Waals surface area contributed by atoms with Crippen molar-refractivity contribution in [1.29, 1.82) is 0 Å². The van der Waals surface area contributed by atoms with Gasteiger partial charge in [0.05, 0.1) is 0 Å². The number of benzene rings is 1. The Morgan fingerprint density at radius 2 is 2.09 bits per heavy atom. The van der Waals surface area contributed by atoms with Crippen LogP contribution in [0.3, 0.4) is 0 Å². The minimum absolute atomic E-state index is 0.143. The Hall–Kier alpha value is -0.0900. The summed E-state index contributed by atoms with van der Waals surface area (Å²) in [5.74, 6) is 0. The standard InChI is InChI=1S/C9H12IN/c1-6-8(7(2)11)4-3-5-9(6)10/h3-5,7H,11H2,1-2H3/t7-/m1/s1. The van der Waals surface area contributed by atoms with Crippen LogP contribution in [0.4, 0.5) is 0 Å². The fraction of sp³-hybridized carbons (Fsp3) is 0.333. The molecule has 0 unspecified atom stereocenters. The summed E-state index contributed by atoms with van der Waals surface area (Å²) in [4.78, 5) is 0. The van der Waals surface area contributed by atoms with E-state index in [9.17, 15) is 0 Å². The molecule has 0 spiro atoms. The van der Waals surface area contributed by atoms with Crippen LogP contribution in [0.15, 0.2) is 18.2 Å². The fourth-order valence-electron chi connectivity index (χ4n) is 1.12. The average Bonchev–Trinajstić information content (AvgIpc) is 1.94. The lowest BCUT2D eigenvalue weighted by Gasteiger charge is -2.10. The average molecular weight is 261 g/mol. The molecule has 0 aliphatic carbocycles. The van der Waals surface area contributed by atoms with Crippen molar-refractivity contribution < 1.29 is 0 Å². The van der Waals surface area contributed by atoms with Gasteiger partial charge in [-0.3, -0.25) is 0 Å². The first-order valence-corrected chi connectivity index (χ1v) is 4.71. The van der Waals surface area contributed by atoms with Gasteiger partial charge in [-0.15, -0.1) is 0 Å². The SMILES string of the molecule is Cc1c(I)cccc1[C@@H](C)N. The molecule has 0 amide bonds.